The highest BCUT2D eigenvalue weighted by atomic mass is 32.2. The summed E-state index contributed by atoms with van der Waals surface area (Å²) in [6.45, 7) is 0. The Morgan fingerprint density at radius 2 is 1.58 bits per heavy atom. The third-order valence-electron chi connectivity index (χ3n) is 3.53. The number of fused-ring (bicyclic) bond motifs is 1. The molecule has 0 bridgehead atoms. The highest BCUT2D eigenvalue weighted by molar-refractivity contribution is 7.92. The Balaban J connectivity index is 2.29. The van der Waals surface area contributed by atoms with Gasteiger partial charge in [-0.25, -0.2) is 8.42 Å². The van der Waals surface area contributed by atoms with Crippen LogP contribution in [0.3, 0.4) is 0 Å². The molecular formula is C15H10N4O6S. The van der Waals surface area contributed by atoms with Gasteiger partial charge in [0.05, 0.1) is 26.2 Å². The molecule has 10 nitrogen and oxygen atoms in total. The van der Waals surface area contributed by atoms with Crippen molar-refractivity contribution in [3.63, 3.8) is 0 Å². The Labute approximate surface area is 146 Å². The standard InChI is InChI=1S/C15H10N4O6S/c20-18(21)12-9-13(19(22)23)15(14-11(12)7-4-8-16-14)17-26(24,25)10-5-2-1-3-6-10/h1-9,17H. The van der Waals surface area contributed by atoms with Gasteiger partial charge in [-0.3, -0.25) is 29.9 Å². The fourth-order valence-electron chi connectivity index (χ4n) is 2.40. The van der Waals surface area contributed by atoms with E-state index in [0.29, 0.717) is 6.07 Å². The van der Waals surface area contributed by atoms with Gasteiger partial charge in [-0.1, -0.05) is 18.2 Å². The van der Waals surface area contributed by atoms with E-state index in [2.05, 4.69) is 9.71 Å². The lowest BCUT2D eigenvalue weighted by Gasteiger charge is -2.11. The summed E-state index contributed by atoms with van der Waals surface area (Å²) in [6.07, 6.45) is 1.26. The van der Waals surface area contributed by atoms with Crippen LogP contribution in [0.15, 0.2) is 59.6 Å². The molecule has 3 aromatic rings. The fourth-order valence-corrected chi connectivity index (χ4v) is 3.50. The van der Waals surface area contributed by atoms with Crippen LogP contribution in [0.1, 0.15) is 0 Å². The molecule has 132 valence electrons. The Morgan fingerprint density at radius 3 is 2.19 bits per heavy atom. The molecule has 1 aromatic heterocycles. The van der Waals surface area contributed by atoms with Gasteiger partial charge in [-0.2, -0.15) is 0 Å². The number of nitro benzene ring substituents is 2. The van der Waals surface area contributed by atoms with Crippen LogP contribution in [0.25, 0.3) is 10.9 Å². The molecule has 0 saturated heterocycles. The number of sulfonamides is 1. The van der Waals surface area contributed by atoms with E-state index >= 15 is 0 Å². The van der Waals surface area contributed by atoms with Gasteiger partial charge in [0.25, 0.3) is 15.7 Å². The van der Waals surface area contributed by atoms with E-state index in [1.165, 1.54) is 42.6 Å². The lowest BCUT2D eigenvalue weighted by molar-refractivity contribution is -0.392. The topological polar surface area (TPSA) is 145 Å². The van der Waals surface area contributed by atoms with E-state index in [4.69, 9.17) is 0 Å². The number of nitrogens with zero attached hydrogens (tertiary/aromatic N) is 3. The maximum Gasteiger partial charge on any atom is 0.302 e. The maximum atomic E-state index is 12.5. The second-order valence-electron chi connectivity index (χ2n) is 5.12. The van der Waals surface area contributed by atoms with Crippen LogP contribution in [0.2, 0.25) is 0 Å². The summed E-state index contributed by atoms with van der Waals surface area (Å²) in [5, 5.41) is 22.6. The predicted octanol–water partition coefficient (Wildman–Crippen LogP) is 2.85. The summed E-state index contributed by atoms with van der Waals surface area (Å²) in [4.78, 5) is 24.7. The molecule has 0 unspecified atom stereocenters. The van der Waals surface area contributed by atoms with Gasteiger partial charge in [0, 0.05) is 6.20 Å². The summed E-state index contributed by atoms with van der Waals surface area (Å²) in [6, 6.07) is 10.7. The minimum absolute atomic E-state index is 0.0196. The first-order valence-electron chi connectivity index (χ1n) is 7.09. The van der Waals surface area contributed by atoms with Crippen molar-refractivity contribution in [2.24, 2.45) is 0 Å². The van der Waals surface area contributed by atoms with Gasteiger partial charge in [-0.05, 0) is 24.3 Å². The molecular weight excluding hydrogens is 364 g/mol. The summed E-state index contributed by atoms with van der Waals surface area (Å²) < 4.78 is 27.2. The van der Waals surface area contributed by atoms with E-state index in [9.17, 15) is 28.6 Å². The minimum atomic E-state index is -4.16. The summed E-state index contributed by atoms with van der Waals surface area (Å²) in [7, 11) is -4.16. The van der Waals surface area contributed by atoms with E-state index < -0.39 is 36.9 Å². The quantitative estimate of drug-likeness (QED) is 0.533. The normalized spacial score (nSPS) is 11.2. The summed E-state index contributed by atoms with van der Waals surface area (Å²) in [5.74, 6) is 0. The Hall–Kier alpha value is -3.60. The molecule has 0 radical (unpaired) electrons. The number of anilines is 1. The van der Waals surface area contributed by atoms with Crippen molar-refractivity contribution < 1.29 is 18.3 Å². The molecule has 0 spiro atoms. The van der Waals surface area contributed by atoms with Crippen molar-refractivity contribution in [2.45, 2.75) is 4.90 Å². The van der Waals surface area contributed by atoms with Gasteiger partial charge in [0.15, 0.2) is 5.69 Å². The average Bonchev–Trinajstić information content (AvgIpc) is 2.62. The third-order valence-corrected chi connectivity index (χ3v) is 4.90. The first-order valence-corrected chi connectivity index (χ1v) is 8.58. The Bertz CT molecular complexity index is 1130. The SMILES string of the molecule is O=[N+]([O-])c1cc([N+](=O)[O-])c2cccnc2c1NS(=O)(=O)c1ccccc1. The molecule has 3 rings (SSSR count). The Kier molecular flexibility index (Phi) is 4.22. The molecule has 0 atom stereocenters. The summed E-state index contributed by atoms with van der Waals surface area (Å²) >= 11 is 0. The van der Waals surface area contributed by atoms with Crippen molar-refractivity contribution in [3.8, 4) is 0 Å². The van der Waals surface area contributed by atoms with E-state index in [1.54, 1.807) is 6.07 Å². The van der Waals surface area contributed by atoms with Crippen molar-refractivity contribution in [3.05, 3.63) is 75.0 Å². The summed E-state index contributed by atoms with van der Waals surface area (Å²) in [5.41, 5.74) is -1.92. The van der Waals surface area contributed by atoms with Gasteiger partial charge in [-0.15, -0.1) is 0 Å². The lowest BCUT2D eigenvalue weighted by Crippen LogP contribution is -2.15. The largest absolute Gasteiger partial charge is 0.302 e. The van der Waals surface area contributed by atoms with Crippen molar-refractivity contribution in [2.75, 3.05) is 4.72 Å². The van der Waals surface area contributed by atoms with Crippen molar-refractivity contribution in [1.82, 2.24) is 4.98 Å². The smallest absolute Gasteiger partial charge is 0.271 e. The molecule has 0 aliphatic heterocycles. The van der Waals surface area contributed by atoms with Gasteiger partial charge in [0.1, 0.15) is 5.52 Å². The second kappa shape index (κ2) is 6.37. The van der Waals surface area contributed by atoms with Gasteiger partial charge in [0.2, 0.25) is 0 Å². The molecule has 0 fully saturated rings. The van der Waals surface area contributed by atoms with Crippen LogP contribution in [-0.4, -0.2) is 23.2 Å². The maximum absolute atomic E-state index is 12.5. The second-order valence-corrected chi connectivity index (χ2v) is 6.80. The van der Waals surface area contributed by atoms with E-state index in [1.807, 2.05) is 0 Å². The number of hydrogen-bond acceptors (Lipinski definition) is 7. The lowest BCUT2D eigenvalue weighted by atomic mass is 10.1. The van der Waals surface area contributed by atoms with Crippen LogP contribution in [0.5, 0.6) is 0 Å². The number of aromatic nitrogens is 1. The van der Waals surface area contributed by atoms with E-state index in [-0.39, 0.29) is 15.8 Å². The van der Waals surface area contributed by atoms with Crippen LogP contribution in [0, 0.1) is 20.2 Å². The Morgan fingerprint density at radius 1 is 0.923 bits per heavy atom. The molecule has 0 aliphatic carbocycles. The zero-order chi connectivity index (χ0) is 18.9. The molecule has 26 heavy (non-hydrogen) atoms. The first kappa shape index (κ1) is 17.2. The predicted molar refractivity (Wildman–Crippen MR) is 92.3 cm³/mol. The fraction of sp³-hybridized carbons (Fsp3) is 0. The molecule has 1 N–H and O–H groups in total. The zero-order valence-electron chi connectivity index (χ0n) is 12.9. The number of non-ortho nitro benzene ring substituents is 1. The van der Waals surface area contributed by atoms with Gasteiger partial charge < -0.3 is 0 Å². The molecule has 11 heteroatoms. The number of hydrogen-bond donors (Lipinski definition) is 1. The van der Waals surface area contributed by atoms with Crippen molar-refractivity contribution >= 4 is 38.0 Å². The number of rotatable bonds is 5. The molecule has 2 aromatic carbocycles. The highest BCUT2D eigenvalue weighted by Crippen LogP contribution is 2.39. The number of benzene rings is 2. The monoisotopic (exact) mass is 374 g/mol. The van der Waals surface area contributed by atoms with Crippen LogP contribution >= 0.6 is 0 Å². The number of nitro groups is 2. The minimum Gasteiger partial charge on any atom is -0.271 e. The zero-order valence-corrected chi connectivity index (χ0v) is 13.7. The van der Waals surface area contributed by atoms with Crippen LogP contribution in [-0.2, 0) is 10.0 Å². The number of pyridine rings is 1. The van der Waals surface area contributed by atoms with Crippen LogP contribution in [0.4, 0.5) is 17.1 Å². The first-order chi connectivity index (χ1) is 12.3. The third kappa shape index (κ3) is 3.02. The van der Waals surface area contributed by atoms with E-state index in [0.717, 1.165) is 0 Å². The van der Waals surface area contributed by atoms with Gasteiger partial charge >= 0.3 is 5.69 Å². The molecule has 0 saturated carbocycles. The van der Waals surface area contributed by atoms with Crippen molar-refractivity contribution in [1.29, 1.82) is 0 Å². The highest BCUT2D eigenvalue weighted by Gasteiger charge is 2.29. The number of nitrogens with one attached hydrogen (secondary N) is 1. The molecule has 0 aliphatic rings. The molecule has 1 heterocycles. The van der Waals surface area contributed by atoms with Crippen LogP contribution < -0.4 is 4.72 Å². The average molecular weight is 374 g/mol. The molecule has 0 amide bonds.